The molecule has 44 heavy (non-hydrogen) atoms. The highest BCUT2D eigenvalue weighted by molar-refractivity contribution is 6.14. The Morgan fingerprint density at radius 1 is 0.386 bits per heavy atom. The van der Waals surface area contributed by atoms with E-state index in [4.69, 9.17) is 4.42 Å². The lowest BCUT2D eigenvalue weighted by Gasteiger charge is -2.27. The van der Waals surface area contributed by atoms with Crippen LogP contribution >= 0.6 is 0 Å². The van der Waals surface area contributed by atoms with Crippen molar-refractivity contribution < 1.29 is 4.42 Å². The quantitative estimate of drug-likeness (QED) is 0.199. The summed E-state index contributed by atoms with van der Waals surface area (Å²) in [6, 6.07) is 58.6. The summed E-state index contributed by atoms with van der Waals surface area (Å²) in [6.45, 7) is 0. The second-order valence-corrected chi connectivity index (χ2v) is 11.3. The highest BCUT2D eigenvalue weighted by atomic mass is 16.3. The summed E-state index contributed by atoms with van der Waals surface area (Å²) >= 11 is 0. The summed E-state index contributed by atoms with van der Waals surface area (Å²) in [5, 5.41) is 9.69. The number of anilines is 3. The molecule has 0 aliphatic rings. The molecule has 0 aliphatic heterocycles. The number of benzene rings is 8. The fourth-order valence-electron chi connectivity index (χ4n) is 6.77. The maximum Gasteiger partial charge on any atom is 0.137 e. The van der Waals surface area contributed by atoms with Gasteiger partial charge in [0, 0.05) is 16.8 Å². The first kappa shape index (κ1) is 24.7. The minimum absolute atomic E-state index is 0.882. The maximum absolute atomic E-state index is 6.33. The van der Waals surface area contributed by atoms with Crippen molar-refractivity contribution in [2.75, 3.05) is 4.90 Å². The van der Waals surface area contributed by atoms with Crippen LogP contribution in [0.4, 0.5) is 17.1 Å². The van der Waals surface area contributed by atoms with Gasteiger partial charge in [0.1, 0.15) is 11.2 Å². The molecule has 0 N–H and O–H groups in total. The molecule has 1 heterocycles. The molecule has 0 fully saturated rings. The van der Waals surface area contributed by atoms with E-state index in [1.54, 1.807) is 0 Å². The molecular formula is C42H27NO. The molecule has 2 nitrogen and oxygen atoms in total. The van der Waals surface area contributed by atoms with E-state index in [9.17, 15) is 0 Å². The van der Waals surface area contributed by atoms with Crippen LogP contribution in [-0.2, 0) is 0 Å². The van der Waals surface area contributed by atoms with Gasteiger partial charge >= 0.3 is 0 Å². The smallest absolute Gasteiger partial charge is 0.137 e. The third-order valence-electron chi connectivity index (χ3n) is 8.84. The number of rotatable bonds is 4. The van der Waals surface area contributed by atoms with E-state index in [2.05, 4.69) is 157 Å². The van der Waals surface area contributed by atoms with Gasteiger partial charge in [0.2, 0.25) is 0 Å². The predicted molar refractivity (Wildman–Crippen MR) is 186 cm³/mol. The summed E-state index contributed by atoms with van der Waals surface area (Å²) in [4.78, 5) is 2.37. The molecule has 0 unspecified atom stereocenters. The Labute approximate surface area is 255 Å². The van der Waals surface area contributed by atoms with Crippen molar-refractivity contribution in [3.63, 3.8) is 0 Å². The molecule has 0 saturated heterocycles. The fraction of sp³-hybridized carbons (Fsp3) is 0. The molecule has 0 saturated carbocycles. The Hall–Kier alpha value is -5.86. The highest BCUT2D eigenvalue weighted by Crippen LogP contribution is 2.44. The molecule has 0 bridgehead atoms. The molecule has 8 aromatic carbocycles. The second kappa shape index (κ2) is 9.86. The summed E-state index contributed by atoms with van der Waals surface area (Å²) < 4.78 is 6.33. The second-order valence-electron chi connectivity index (χ2n) is 11.3. The normalized spacial score (nSPS) is 11.6. The van der Waals surface area contributed by atoms with Gasteiger partial charge in [-0.05, 0) is 85.9 Å². The van der Waals surface area contributed by atoms with Crippen molar-refractivity contribution in [1.29, 1.82) is 0 Å². The number of para-hydroxylation sites is 1. The largest absolute Gasteiger partial charge is 0.456 e. The topological polar surface area (TPSA) is 16.4 Å². The molecule has 0 aliphatic carbocycles. The fourth-order valence-corrected chi connectivity index (χ4v) is 6.77. The monoisotopic (exact) mass is 561 g/mol. The molecule has 0 spiro atoms. The summed E-state index contributed by atoms with van der Waals surface area (Å²) in [6.07, 6.45) is 0. The van der Waals surface area contributed by atoms with Crippen molar-refractivity contribution in [2.24, 2.45) is 0 Å². The number of hydrogen-bond acceptors (Lipinski definition) is 2. The SMILES string of the molecule is c1ccc2c(-c3ccc(N(c4ccc5ccc6ccccc6c5c4)c4cccc5oc6ccccc6c45)cc3)cccc2c1. The van der Waals surface area contributed by atoms with Crippen molar-refractivity contribution >= 4 is 71.3 Å². The lowest BCUT2D eigenvalue weighted by atomic mass is 9.97. The number of furan rings is 1. The zero-order chi connectivity index (χ0) is 29.0. The average molecular weight is 562 g/mol. The van der Waals surface area contributed by atoms with E-state index in [1.165, 1.54) is 43.4 Å². The van der Waals surface area contributed by atoms with Crippen molar-refractivity contribution in [3.8, 4) is 11.1 Å². The first-order chi connectivity index (χ1) is 21.8. The van der Waals surface area contributed by atoms with Crippen LogP contribution < -0.4 is 4.90 Å². The molecule has 1 aromatic heterocycles. The first-order valence-corrected chi connectivity index (χ1v) is 15.0. The number of nitrogens with zero attached hydrogens (tertiary/aromatic N) is 1. The van der Waals surface area contributed by atoms with Crippen LogP contribution in [0.5, 0.6) is 0 Å². The van der Waals surface area contributed by atoms with E-state index in [0.717, 1.165) is 39.0 Å². The van der Waals surface area contributed by atoms with Crippen LogP contribution in [0.25, 0.3) is 65.4 Å². The van der Waals surface area contributed by atoms with E-state index in [-0.39, 0.29) is 0 Å². The van der Waals surface area contributed by atoms with Gasteiger partial charge in [0.15, 0.2) is 0 Å². The highest BCUT2D eigenvalue weighted by Gasteiger charge is 2.20. The van der Waals surface area contributed by atoms with Gasteiger partial charge in [0.25, 0.3) is 0 Å². The molecule has 9 aromatic rings. The Balaban J connectivity index is 1.28. The summed E-state index contributed by atoms with van der Waals surface area (Å²) in [5.41, 5.74) is 7.49. The van der Waals surface area contributed by atoms with Gasteiger partial charge in [-0.2, -0.15) is 0 Å². The lowest BCUT2D eigenvalue weighted by Crippen LogP contribution is -2.10. The molecule has 0 atom stereocenters. The Bertz CT molecular complexity index is 2500. The van der Waals surface area contributed by atoms with Gasteiger partial charge in [-0.25, -0.2) is 0 Å². The Morgan fingerprint density at radius 2 is 0.977 bits per heavy atom. The molecule has 206 valence electrons. The van der Waals surface area contributed by atoms with E-state index in [1.807, 2.05) is 12.1 Å². The van der Waals surface area contributed by atoms with Gasteiger partial charge in [0.05, 0.1) is 11.1 Å². The number of hydrogen-bond donors (Lipinski definition) is 0. The molecular weight excluding hydrogens is 534 g/mol. The summed E-state index contributed by atoms with van der Waals surface area (Å²) in [5.74, 6) is 0. The van der Waals surface area contributed by atoms with Crippen LogP contribution in [0.2, 0.25) is 0 Å². The van der Waals surface area contributed by atoms with Gasteiger partial charge in [-0.3, -0.25) is 0 Å². The zero-order valence-electron chi connectivity index (χ0n) is 23.9. The first-order valence-electron chi connectivity index (χ1n) is 15.0. The van der Waals surface area contributed by atoms with E-state index in [0.29, 0.717) is 0 Å². The van der Waals surface area contributed by atoms with Crippen LogP contribution in [0.15, 0.2) is 168 Å². The van der Waals surface area contributed by atoms with Crippen molar-refractivity contribution in [3.05, 3.63) is 164 Å². The van der Waals surface area contributed by atoms with E-state index < -0.39 is 0 Å². The van der Waals surface area contributed by atoms with Gasteiger partial charge in [-0.1, -0.05) is 121 Å². The Morgan fingerprint density at radius 3 is 1.82 bits per heavy atom. The van der Waals surface area contributed by atoms with E-state index >= 15 is 0 Å². The van der Waals surface area contributed by atoms with Gasteiger partial charge in [-0.15, -0.1) is 0 Å². The third kappa shape index (κ3) is 3.89. The van der Waals surface area contributed by atoms with Crippen LogP contribution in [0, 0.1) is 0 Å². The van der Waals surface area contributed by atoms with Crippen LogP contribution in [0.3, 0.4) is 0 Å². The van der Waals surface area contributed by atoms with Crippen molar-refractivity contribution in [1.82, 2.24) is 0 Å². The molecule has 2 heteroatoms. The maximum atomic E-state index is 6.33. The average Bonchev–Trinajstić information content (AvgIpc) is 3.48. The van der Waals surface area contributed by atoms with Gasteiger partial charge < -0.3 is 9.32 Å². The minimum Gasteiger partial charge on any atom is -0.456 e. The predicted octanol–water partition coefficient (Wildman–Crippen LogP) is 12.2. The van der Waals surface area contributed by atoms with Crippen molar-refractivity contribution in [2.45, 2.75) is 0 Å². The molecule has 0 amide bonds. The standard InChI is InChI=1S/C42H27NO/c1-3-12-34-28(9-1)11-7-15-35(34)30-21-24-32(25-22-30)43(39-16-8-18-41-42(39)37-14-5-6-17-40(37)44-41)33-26-23-31-20-19-29-10-2-4-13-36(29)38(31)27-33/h1-27H. The Kier molecular flexibility index (Phi) is 5.54. The number of fused-ring (bicyclic) bond motifs is 7. The zero-order valence-corrected chi connectivity index (χ0v) is 23.9. The molecule has 0 radical (unpaired) electrons. The summed E-state index contributed by atoms with van der Waals surface area (Å²) in [7, 11) is 0. The van der Waals surface area contributed by atoms with Crippen LogP contribution in [0.1, 0.15) is 0 Å². The van der Waals surface area contributed by atoms with Crippen LogP contribution in [-0.4, -0.2) is 0 Å². The third-order valence-corrected chi connectivity index (χ3v) is 8.84. The molecule has 9 rings (SSSR count). The minimum atomic E-state index is 0.882. The lowest BCUT2D eigenvalue weighted by molar-refractivity contribution is 0.669.